The molecular formula is C14H19N3O4. The Morgan fingerprint density at radius 1 is 1.57 bits per heavy atom. The van der Waals surface area contributed by atoms with E-state index < -0.39 is 10.9 Å². The van der Waals surface area contributed by atoms with E-state index in [1.165, 1.54) is 6.07 Å². The molecule has 0 bridgehead atoms. The molecule has 0 radical (unpaired) electrons. The molecule has 0 aromatic heterocycles. The third kappa shape index (κ3) is 3.30. The molecule has 1 aromatic rings. The lowest BCUT2D eigenvalue weighted by Gasteiger charge is -2.34. The van der Waals surface area contributed by atoms with E-state index in [1.807, 2.05) is 11.9 Å². The molecule has 7 nitrogen and oxygen atoms in total. The number of anilines is 1. The second kappa shape index (κ2) is 6.53. The van der Waals surface area contributed by atoms with Crippen LogP contribution in [0.5, 0.6) is 0 Å². The lowest BCUT2D eigenvalue weighted by Crippen LogP contribution is -2.39. The highest BCUT2D eigenvalue weighted by atomic mass is 16.6. The van der Waals surface area contributed by atoms with Crippen molar-refractivity contribution in [3.8, 4) is 0 Å². The van der Waals surface area contributed by atoms with E-state index in [1.54, 1.807) is 12.1 Å². The van der Waals surface area contributed by atoms with Gasteiger partial charge >= 0.3 is 11.7 Å². The minimum absolute atomic E-state index is 0.256. The quantitative estimate of drug-likeness (QED) is 0.634. The molecule has 1 saturated heterocycles. The zero-order valence-corrected chi connectivity index (χ0v) is 11.9. The Bertz CT molecular complexity index is 545. The molecule has 0 saturated carbocycles. The molecule has 1 aliphatic rings. The maximum absolute atomic E-state index is 11.3. The van der Waals surface area contributed by atoms with E-state index in [4.69, 9.17) is 5.11 Å². The summed E-state index contributed by atoms with van der Waals surface area (Å²) in [7, 11) is 1.88. The maximum atomic E-state index is 11.3. The average molecular weight is 293 g/mol. The fraction of sp³-hybridized carbons (Fsp3) is 0.500. The summed E-state index contributed by atoms with van der Waals surface area (Å²) in [5.41, 5.74) is -0.163. The summed E-state index contributed by atoms with van der Waals surface area (Å²) >= 11 is 0. The van der Waals surface area contributed by atoms with Crippen molar-refractivity contribution in [3.05, 3.63) is 33.9 Å². The van der Waals surface area contributed by atoms with Crippen LogP contribution >= 0.6 is 0 Å². The number of nitro groups is 1. The Kier molecular flexibility index (Phi) is 4.74. The molecular weight excluding hydrogens is 274 g/mol. The minimum atomic E-state index is -1.27. The van der Waals surface area contributed by atoms with E-state index in [0.29, 0.717) is 24.7 Å². The molecule has 2 rings (SSSR count). The number of rotatable bonds is 5. The molecule has 2 N–H and O–H groups in total. The zero-order valence-electron chi connectivity index (χ0n) is 11.9. The van der Waals surface area contributed by atoms with E-state index in [9.17, 15) is 14.9 Å². The van der Waals surface area contributed by atoms with Crippen molar-refractivity contribution < 1.29 is 14.8 Å². The van der Waals surface area contributed by atoms with Crippen LogP contribution in [0.25, 0.3) is 0 Å². The van der Waals surface area contributed by atoms with Gasteiger partial charge in [-0.05, 0) is 44.5 Å². The highest BCUT2D eigenvalue weighted by Gasteiger charge is 2.29. The van der Waals surface area contributed by atoms with Crippen LogP contribution in [-0.4, -0.2) is 42.7 Å². The molecule has 1 fully saturated rings. The number of nitrogens with one attached hydrogen (secondary N) is 1. The van der Waals surface area contributed by atoms with E-state index in [-0.39, 0.29) is 11.3 Å². The van der Waals surface area contributed by atoms with Crippen LogP contribution in [0, 0.1) is 16.0 Å². The summed E-state index contributed by atoms with van der Waals surface area (Å²) in [5, 5.41) is 23.6. The Balaban J connectivity index is 2.36. The molecule has 1 heterocycles. The predicted octanol–water partition coefficient (Wildman–Crippen LogP) is 1.73. The van der Waals surface area contributed by atoms with Crippen LogP contribution in [0.4, 0.5) is 11.4 Å². The third-order valence-corrected chi connectivity index (χ3v) is 3.78. The number of nitro benzene ring substituents is 1. The highest BCUT2D eigenvalue weighted by molar-refractivity contribution is 5.95. The van der Waals surface area contributed by atoms with Gasteiger partial charge in [0.2, 0.25) is 0 Å². The summed E-state index contributed by atoms with van der Waals surface area (Å²) < 4.78 is 0. The largest absolute Gasteiger partial charge is 0.477 e. The Labute approximate surface area is 122 Å². The highest BCUT2D eigenvalue weighted by Crippen LogP contribution is 2.34. The second-order valence-corrected chi connectivity index (χ2v) is 5.25. The average Bonchev–Trinajstić information content (AvgIpc) is 2.47. The van der Waals surface area contributed by atoms with E-state index >= 15 is 0 Å². The van der Waals surface area contributed by atoms with Crippen LogP contribution in [0.3, 0.4) is 0 Å². The van der Waals surface area contributed by atoms with Crippen LogP contribution in [-0.2, 0) is 0 Å². The van der Waals surface area contributed by atoms with Gasteiger partial charge in [-0.15, -0.1) is 0 Å². The number of carboxylic acid groups (broad SMARTS) is 1. The van der Waals surface area contributed by atoms with Crippen molar-refractivity contribution in [1.82, 2.24) is 5.32 Å². The Morgan fingerprint density at radius 2 is 2.33 bits per heavy atom. The molecule has 0 amide bonds. The third-order valence-electron chi connectivity index (χ3n) is 3.78. The number of benzene rings is 1. The lowest BCUT2D eigenvalue weighted by atomic mass is 9.97. The number of nitrogens with zero attached hydrogens (tertiary/aromatic N) is 2. The van der Waals surface area contributed by atoms with Gasteiger partial charge in [0.15, 0.2) is 0 Å². The fourth-order valence-corrected chi connectivity index (χ4v) is 2.89. The number of hydrogen-bond acceptors (Lipinski definition) is 5. The number of carbonyl (C=O) groups is 1. The van der Waals surface area contributed by atoms with Gasteiger partial charge in [-0.25, -0.2) is 4.79 Å². The van der Waals surface area contributed by atoms with Crippen molar-refractivity contribution in [3.63, 3.8) is 0 Å². The van der Waals surface area contributed by atoms with Crippen molar-refractivity contribution in [2.75, 3.05) is 31.6 Å². The van der Waals surface area contributed by atoms with E-state index in [2.05, 4.69) is 5.32 Å². The number of aromatic carboxylic acids is 1. The summed E-state index contributed by atoms with van der Waals surface area (Å²) in [6, 6.07) is 4.47. The standard InChI is InChI=1S/C14H19N3O4/c1-15-8-10-4-3-7-16(9-10)12-6-2-5-11(14(18)19)13(12)17(20)21/h2,5-6,10,15H,3-4,7-9H2,1H3,(H,18,19). The summed E-state index contributed by atoms with van der Waals surface area (Å²) in [6.45, 7) is 2.26. The number of hydrogen-bond donors (Lipinski definition) is 2. The molecule has 1 aromatic carbocycles. The van der Waals surface area contributed by atoms with Gasteiger partial charge in [0.1, 0.15) is 11.3 Å². The number of piperidine rings is 1. The molecule has 1 atom stereocenters. The topological polar surface area (TPSA) is 95.7 Å². The molecule has 1 unspecified atom stereocenters. The normalized spacial score (nSPS) is 18.5. The SMILES string of the molecule is CNCC1CCCN(c2cccc(C(=O)O)c2[N+](=O)[O-])C1. The summed E-state index contributed by atoms with van der Waals surface area (Å²) in [5.74, 6) is -0.857. The molecule has 1 aliphatic heterocycles. The molecule has 0 aliphatic carbocycles. The van der Waals surface area contributed by atoms with Crippen molar-refractivity contribution in [2.24, 2.45) is 5.92 Å². The van der Waals surface area contributed by atoms with Crippen molar-refractivity contribution in [2.45, 2.75) is 12.8 Å². The van der Waals surface area contributed by atoms with Gasteiger partial charge in [0.25, 0.3) is 0 Å². The van der Waals surface area contributed by atoms with Gasteiger partial charge < -0.3 is 15.3 Å². The first-order valence-electron chi connectivity index (χ1n) is 6.94. The van der Waals surface area contributed by atoms with Gasteiger partial charge in [0, 0.05) is 13.1 Å². The first-order chi connectivity index (χ1) is 10.0. The predicted molar refractivity (Wildman–Crippen MR) is 78.9 cm³/mol. The zero-order chi connectivity index (χ0) is 15.4. The number of para-hydroxylation sites is 1. The van der Waals surface area contributed by atoms with Gasteiger partial charge in [-0.1, -0.05) is 6.07 Å². The maximum Gasteiger partial charge on any atom is 0.342 e. The van der Waals surface area contributed by atoms with Gasteiger partial charge in [-0.2, -0.15) is 0 Å². The molecule has 7 heteroatoms. The van der Waals surface area contributed by atoms with E-state index in [0.717, 1.165) is 19.4 Å². The summed E-state index contributed by atoms with van der Waals surface area (Å²) in [4.78, 5) is 23.8. The molecule has 0 spiro atoms. The lowest BCUT2D eigenvalue weighted by molar-refractivity contribution is -0.384. The van der Waals surface area contributed by atoms with Crippen LogP contribution in [0.1, 0.15) is 23.2 Å². The first-order valence-corrected chi connectivity index (χ1v) is 6.94. The van der Waals surface area contributed by atoms with Crippen molar-refractivity contribution in [1.29, 1.82) is 0 Å². The van der Waals surface area contributed by atoms with Gasteiger partial charge in [-0.3, -0.25) is 10.1 Å². The number of carboxylic acids is 1. The van der Waals surface area contributed by atoms with Crippen LogP contribution in [0.2, 0.25) is 0 Å². The molecule has 114 valence electrons. The smallest absolute Gasteiger partial charge is 0.342 e. The molecule has 21 heavy (non-hydrogen) atoms. The fourth-order valence-electron chi connectivity index (χ4n) is 2.89. The van der Waals surface area contributed by atoms with Crippen LogP contribution < -0.4 is 10.2 Å². The summed E-state index contributed by atoms with van der Waals surface area (Å²) in [6.07, 6.45) is 2.02. The minimum Gasteiger partial charge on any atom is -0.477 e. The Hall–Kier alpha value is -2.15. The second-order valence-electron chi connectivity index (χ2n) is 5.25. The van der Waals surface area contributed by atoms with Crippen molar-refractivity contribution >= 4 is 17.3 Å². The first kappa shape index (κ1) is 15.2. The Morgan fingerprint density at radius 3 is 2.95 bits per heavy atom. The monoisotopic (exact) mass is 293 g/mol. The van der Waals surface area contributed by atoms with Gasteiger partial charge in [0.05, 0.1) is 4.92 Å². The van der Waals surface area contributed by atoms with Crippen LogP contribution in [0.15, 0.2) is 18.2 Å².